The first kappa shape index (κ1) is 29.6. The number of amides is 2. The second-order valence-corrected chi connectivity index (χ2v) is 11.7. The van der Waals surface area contributed by atoms with Gasteiger partial charge in [0.15, 0.2) is 0 Å². The van der Waals surface area contributed by atoms with Crippen molar-refractivity contribution in [2.45, 2.75) is 72.5 Å². The third kappa shape index (κ3) is 8.52. The molecule has 2 atom stereocenters. The highest BCUT2D eigenvalue weighted by Gasteiger charge is 2.27. The fourth-order valence-electron chi connectivity index (χ4n) is 3.76. The van der Waals surface area contributed by atoms with Crippen molar-refractivity contribution in [2.75, 3.05) is 17.1 Å². The van der Waals surface area contributed by atoms with E-state index < -0.39 is 16.1 Å². The standard InChI is InChI=1S/C27H38ClN3O4S/c1-7-21(4)29-27(33)22(5)30(18-23-10-8-11-24(28)17-23)26(32)12-9-15-31(36(6,34)35)25-14-13-19(2)20(3)16-25/h8,10-11,13-14,16-17,21-22H,7,9,12,15,18H2,1-6H3,(H,29,33)/t21-,22+/m1/s1. The molecule has 7 nitrogen and oxygen atoms in total. The van der Waals surface area contributed by atoms with Crippen LogP contribution in [0.5, 0.6) is 0 Å². The summed E-state index contributed by atoms with van der Waals surface area (Å²) in [7, 11) is -3.54. The van der Waals surface area contributed by atoms with Crippen LogP contribution in [0.2, 0.25) is 5.02 Å². The second-order valence-electron chi connectivity index (χ2n) is 9.35. The summed E-state index contributed by atoms with van der Waals surface area (Å²) >= 11 is 6.13. The van der Waals surface area contributed by atoms with Gasteiger partial charge in [-0.2, -0.15) is 0 Å². The van der Waals surface area contributed by atoms with Gasteiger partial charge in [-0.3, -0.25) is 13.9 Å². The number of carbonyl (C=O) groups excluding carboxylic acids is 2. The lowest BCUT2D eigenvalue weighted by molar-refractivity contribution is -0.140. The first-order valence-electron chi connectivity index (χ1n) is 12.2. The first-order valence-corrected chi connectivity index (χ1v) is 14.4. The van der Waals surface area contributed by atoms with E-state index in [1.165, 1.54) is 9.21 Å². The lowest BCUT2D eigenvalue weighted by Crippen LogP contribution is -2.49. The summed E-state index contributed by atoms with van der Waals surface area (Å²) in [4.78, 5) is 27.7. The summed E-state index contributed by atoms with van der Waals surface area (Å²) in [6, 6.07) is 12.0. The number of anilines is 1. The summed E-state index contributed by atoms with van der Waals surface area (Å²) in [6.45, 7) is 9.89. The number of benzene rings is 2. The van der Waals surface area contributed by atoms with Crippen LogP contribution in [0.1, 0.15) is 56.7 Å². The van der Waals surface area contributed by atoms with Crippen molar-refractivity contribution in [3.05, 3.63) is 64.2 Å². The van der Waals surface area contributed by atoms with Gasteiger partial charge in [0.25, 0.3) is 0 Å². The van der Waals surface area contributed by atoms with Crippen molar-refractivity contribution < 1.29 is 18.0 Å². The Labute approximate surface area is 220 Å². The van der Waals surface area contributed by atoms with Crippen LogP contribution in [0.4, 0.5) is 5.69 Å². The molecule has 0 heterocycles. The van der Waals surface area contributed by atoms with Crippen LogP contribution < -0.4 is 9.62 Å². The minimum atomic E-state index is -3.54. The topological polar surface area (TPSA) is 86.8 Å². The third-order valence-electron chi connectivity index (χ3n) is 6.34. The lowest BCUT2D eigenvalue weighted by atomic mass is 10.1. The first-order chi connectivity index (χ1) is 16.8. The van der Waals surface area contributed by atoms with Gasteiger partial charge in [-0.1, -0.05) is 36.7 Å². The Balaban J connectivity index is 2.19. The summed E-state index contributed by atoms with van der Waals surface area (Å²) in [5, 5.41) is 3.49. The second kappa shape index (κ2) is 13.1. The molecule has 0 radical (unpaired) electrons. The third-order valence-corrected chi connectivity index (χ3v) is 7.77. The Kier molecular flexibility index (Phi) is 10.8. The number of nitrogens with one attached hydrogen (secondary N) is 1. The smallest absolute Gasteiger partial charge is 0.242 e. The van der Waals surface area contributed by atoms with Crippen molar-refractivity contribution in [2.24, 2.45) is 0 Å². The van der Waals surface area contributed by atoms with E-state index in [0.717, 1.165) is 29.4 Å². The fourth-order valence-corrected chi connectivity index (χ4v) is 4.93. The van der Waals surface area contributed by atoms with E-state index in [0.29, 0.717) is 17.1 Å². The van der Waals surface area contributed by atoms with Crippen LogP contribution in [0, 0.1) is 13.8 Å². The zero-order chi connectivity index (χ0) is 27.0. The molecule has 9 heteroatoms. The number of halogens is 1. The zero-order valence-corrected chi connectivity index (χ0v) is 23.6. The lowest BCUT2D eigenvalue weighted by Gasteiger charge is -2.30. The molecule has 0 aliphatic carbocycles. The molecule has 1 N–H and O–H groups in total. The van der Waals surface area contributed by atoms with Gasteiger partial charge in [0.2, 0.25) is 21.8 Å². The molecule has 0 saturated carbocycles. The number of aryl methyl sites for hydroxylation is 2. The molecule has 0 spiro atoms. The van der Waals surface area contributed by atoms with E-state index in [-0.39, 0.29) is 37.4 Å². The van der Waals surface area contributed by atoms with Gasteiger partial charge in [0, 0.05) is 30.6 Å². The normalized spacial score (nSPS) is 13.1. The number of nitrogens with zero attached hydrogens (tertiary/aromatic N) is 2. The van der Waals surface area contributed by atoms with Crippen molar-refractivity contribution in [1.82, 2.24) is 10.2 Å². The fraction of sp³-hybridized carbons (Fsp3) is 0.481. The molecule has 36 heavy (non-hydrogen) atoms. The molecular formula is C27H38ClN3O4S. The zero-order valence-electron chi connectivity index (χ0n) is 22.0. The van der Waals surface area contributed by atoms with Gasteiger partial charge >= 0.3 is 0 Å². The molecule has 2 aromatic rings. The molecule has 198 valence electrons. The molecule has 2 aromatic carbocycles. The molecule has 2 rings (SSSR count). The number of carbonyl (C=O) groups is 2. The van der Waals surface area contributed by atoms with Crippen LogP contribution in [-0.2, 0) is 26.2 Å². The van der Waals surface area contributed by atoms with Crippen LogP contribution in [-0.4, -0.2) is 50.0 Å². The van der Waals surface area contributed by atoms with E-state index >= 15 is 0 Å². The maximum absolute atomic E-state index is 13.3. The highest BCUT2D eigenvalue weighted by Crippen LogP contribution is 2.22. The van der Waals surface area contributed by atoms with E-state index in [1.54, 1.807) is 31.2 Å². The average Bonchev–Trinajstić information content (AvgIpc) is 2.80. The van der Waals surface area contributed by atoms with Crippen LogP contribution in [0.3, 0.4) is 0 Å². The minimum Gasteiger partial charge on any atom is -0.352 e. The largest absolute Gasteiger partial charge is 0.352 e. The Morgan fingerprint density at radius 1 is 1.06 bits per heavy atom. The van der Waals surface area contributed by atoms with Crippen molar-refractivity contribution in [3.8, 4) is 0 Å². The average molecular weight is 536 g/mol. The van der Waals surface area contributed by atoms with E-state index in [9.17, 15) is 18.0 Å². The van der Waals surface area contributed by atoms with E-state index in [1.807, 2.05) is 45.9 Å². The van der Waals surface area contributed by atoms with Gasteiger partial charge in [0.1, 0.15) is 6.04 Å². The summed E-state index contributed by atoms with van der Waals surface area (Å²) in [6.07, 6.45) is 2.35. The van der Waals surface area contributed by atoms with Crippen molar-refractivity contribution in [1.29, 1.82) is 0 Å². The highest BCUT2D eigenvalue weighted by molar-refractivity contribution is 7.92. The molecule has 0 bridgehead atoms. The van der Waals surface area contributed by atoms with Gasteiger partial charge < -0.3 is 10.2 Å². The molecule has 0 aliphatic heterocycles. The van der Waals surface area contributed by atoms with Crippen molar-refractivity contribution >= 4 is 39.1 Å². The molecule has 0 unspecified atom stereocenters. The minimum absolute atomic E-state index is 0.00985. The predicted octanol–water partition coefficient (Wildman–Crippen LogP) is 4.84. The van der Waals surface area contributed by atoms with Gasteiger partial charge in [-0.25, -0.2) is 8.42 Å². The molecule has 2 amide bonds. The van der Waals surface area contributed by atoms with Crippen LogP contribution in [0.25, 0.3) is 0 Å². The predicted molar refractivity (Wildman–Crippen MR) is 147 cm³/mol. The summed E-state index contributed by atoms with van der Waals surface area (Å²) < 4.78 is 26.3. The number of hydrogen-bond donors (Lipinski definition) is 1. The number of hydrogen-bond acceptors (Lipinski definition) is 4. The quantitative estimate of drug-likeness (QED) is 0.421. The Morgan fingerprint density at radius 3 is 2.33 bits per heavy atom. The Bertz CT molecular complexity index is 1170. The molecule has 0 aliphatic rings. The highest BCUT2D eigenvalue weighted by atomic mass is 35.5. The van der Waals surface area contributed by atoms with E-state index in [4.69, 9.17) is 11.6 Å². The van der Waals surface area contributed by atoms with Gasteiger partial charge in [-0.15, -0.1) is 0 Å². The van der Waals surface area contributed by atoms with Gasteiger partial charge in [-0.05, 0) is 81.5 Å². The molecule has 0 aromatic heterocycles. The monoisotopic (exact) mass is 535 g/mol. The van der Waals surface area contributed by atoms with E-state index in [2.05, 4.69) is 5.32 Å². The Hall–Kier alpha value is -2.58. The maximum atomic E-state index is 13.3. The van der Waals surface area contributed by atoms with Crippen molar-refractivity contribution in [3.63, 3.8) is 0 Å². The SMILES string of the molecule is CC[C@@H](C)NC(=O)[C@H](C)N(Cc1cccc(Cl)c1)C(=O)CCCN(c1ccc(C)c(C)c1)S(C)(=O)=O. The summed E-state index contributed by atoms with van der Waals surface area (Å²) in [5.41, 5.74) is 3.45. The molecule has 0 saturated heterocycles. The summed E-state index contributed by atoms with van der Waals surface area (Å²) in [5.74, 6) is -0.456. The Morgan fingerprint density at radius 2 is 1.75 bits per heavy atom. The molecule has 0 fully saturated rings. The number of rotatable bonds is 12. The maximum Gasteiger partial charge on any atom is 0.242 e. The molecular weight excluding hydrogens is 498 g/mol. The van der Waals surface area contributed by atoms with Gasteiger partial charge in [0.05, 0.1) is 11.9 Å². The number of sulfonamides is 1. The van der Waals surface area contributed by atoms with Crippen LogP contribution >= 0.6 is 11.6 Å². The van der Waals surface area contributed by atoms with Crippen LogP contribution in [0.15, 0.2) is 42.5 Å².